The summed E-state index contributed by atoms with van der Waals surface area (Å²) in [5.74, 6) is -1.60. The summed E-state index contributed by atoms with van der Waals surface area (Å²) in [6.45, 7) is 5.22. The Morgan fingerprint density at radius 2 is 2.23 bits per heavy atom. The summed E-state index contributed by atoms with van der Waals surface area (Å²) in [7, 11) is 0. The summed E-state index contributed by atoms with van der Waals surface area (Å²) in [5, 5.41) is 8.81. The minimum absolute atomic E-state index is 0.133. The molecule has 0 aliphatic carbocycles. The van der Waals surface area contributed by atoms with Gasteiger partial charge in [-0.25, -0.2) is 4.79 Å². The molecule has 74 valence electrons. The molecule has 13 heavy (non-hydrogen) atoms. The fourth-order valence-electron chi connectivity index (χ4n) is 1.48. The van der Waals surface area contributed by atoms with Crippen LogP contribution in [0, 0.1) is 11.8 Å². The molecule has 1 aliphatic rings. The average molecular weight is 186 g/mol. The maximum Gasteiger partial charge on any atom is 0.347 e. The van der Waals surface area contributed by atoms with Gasteiger partial charge in [0.15, 0.2) is 0 Å². The fourth-order valence-corrected chi connectivity index (χ4v) is 1.48. The van der Waals surface area contributed by atoms with Crippen molar-refractivity contribution in [1.29, 1.82) is 0 Å². The predicted octanol–water partition coefficient (Wildman–Crippen LogP) is 1.05. The third kappa shape index (κ3) is 1.66. The zero-order valence-electron chi connectivity index (χ0n) is 8.03. The van der Waals surface area contributed by atoms with Gasteiger partial charge in [0, 0.05) is 6.42 Å². The van der Waals surface area contributed by atoms with Gasteiger partial charge in [0.1, 0.15) is 0 Å². The lowest BCUT2D eigenvalue weighted by Crippen LogP contribution is -2.34. The van der Waals surface area contributed by atoms with Gasteiger partial charge in [0.2, 0.25) is 5.60 Å². The topological polar surface area (TPSA) is 63.6 Å². The molecule has 0 aromatic rings. The highest BCUT2D eigenvalue weighted by Gasteiger charge is 2.49. The average Bonchev–Trinajstić information content (AvgIpc) is 2.28. The monoisotopic (exact) mass is 186 g/mol. The number of carboxylic acid groups (broad SMARTS) is 1. The van der Waals surface area contributed by atoms with Crippen molar-refractivity contribution in [2.45, 2.75) is 32.8 Å². The minimum atomic E-state index is -1.31. The number of hydrogen-bond acceptors (Lipinski definition) is 3. The van der Waals surface area contributed by atoms with Crippen molar-refractivity contribution in [3.8, 4) is 0 Å². The Hall–Kier alpha value is -1.06. The van der Waals surface area contributed by atoms with E-state index in [1.165, 1.54) is 6.92 Å². The summed E-state index contributed by atoms with van der Waals surface area (Å²) in [6.07, 6.45) is 0.277. The number of hydrogen-bond donors (Lipinski definition) is 1. The van der Waals surface area contributed by atoms with Gasteiger partial charge in [-0.05, 0) is 12.8 Å². The smallest absolute Gasteiger partial charge is 0.347 e. The number of esters is 1. The lowest BCUT2D eigenvalue weighted by molar-refractivity contribution is -0.168. The third-order valence-corrected chi connectivity index (χ3v) is 2.50. The van der Waals surface area contributed by atoms with E-state index < -0.39 is 11.6 Å². The Morgan fingerprint density at radius 3 is 2.46 bits per heavy atom. The number of cyclic esters (lactones) is 1. The van der Waals surface area contributed by atoms with E-state index in [4.69, 9.17) is 9.84 Å². The van der Waals surface area contributed by atoms with Crippen LogP contribution in [0.1, 0.15) is 27.2 Å². The van der Waals surface area contributed by atoms with Crippen molar-refractivity contribution in [1.82, 2.24) is 0 Å². The van der Waals surface area contributed by atoms with Gasteiger partial charge in [0.05, 0.1) is 5.92 Å². The number of carbonyl (C=O) groups is 2. The maximum atomic E-state index is 11.3. The molecule has 0 saturated carbocycles. The highest BCUT2D eigenvalue weighted by molar-refractivity contribution is 5.86. The third-order valence-electron chi connectivity index (χ3n) is 2.50. The Kier molecular flexibility index (Phi) is 2.32. The van der Waals surface area contributed by atoms with Crippen LogP contribution in [-0.2, 0) is 14.3 Å². The molecular formula is C9H14O4. The van der Waals surface area contributed by atoms with Crippen LogP contribution in [0.5, 0.6) is 0 Å². The first-order valence-corrected chi connectivity index (χ1v) is 4.33. The molecule has 1 N–H and O–H groups in total. The number of carboxylic acids is 1. The molecule has 4 heteroatoms. The molecule has 0 aromatic heterocycles. The summed E-state index contributed by atoms with van der Waals surface area (Å²) < 4.78 is 4.85. The molecule has 1 heterocycles. The number of aliphatic carboxylic acids is 1. The van der Waals surface area contributed by atoms with Gasteiger partial charge in [-0.3, -0.25) is 4.79 Å². The fraction of sp³-hybridized carbons (Fsp3) is 0.778. The number of carbonyl (C=O) groups excluding carboxylic acids is 1. The van der Waals surface area contributed by atoms with Crippen LogP contribution in [0.3, 0.4) is 0 Å². The zero-order valence-corrected chi connectivity index (χ0v) is 8.03. The van der Waals surface area contributed by atoms with E-state index >= 15 is 0 Å². The SMILES string of the molecule is CC(C)C1CC(C)(C(=O)O)OC1=O. The normalized spacial score (nSPS) is 33.5. The number of rotatable bonds is 2. The highest BCUT2D eigenvalue weighted by atomic mass is 16.6. The van der Waals surface area contributed by atoms with Gasteiger partial charge >= 0.3 is 11.9 Å². The zero-order chi connectivity index (χ0) is 10.2. The van der Waals surface area contributed by atoms with Gasteiger partial charge in [-0.2, -0.15) is 0 Å². The van der Waals surface area contributed by atoms with Crippen molar-refractivity contribution in [2.24, 2.45) is 11.8 Å². The van der Waals surface area contributed by atoms with E-state index in [-0.39, 0.29) is 24.2 Å². The van der Waals surface area contributed by atoms with E-state index in [1.54, 1.807) is 0 Å². The summed E-state index contributed by atoms with van der Waals surface area (Å²) in [6, 6.07) is 0. The molecule has 2 atom stereocenters. The molecule has 1 rings (SSSR count). The standard InChI is InChI=1S/C9H14O4/c1-5(2)6-4-9(3,8(11)12)13-7(6)10/h5-6H,4H2,1-3H3,(H,11,12). The summed E-state index contributed by atoms with van der Waals surface area (Å²) in [4.78, 5) is 22.0. The van der Waals surface area contributed by atoms with Crippen molar-refractivity contribution < 1.29 is 19.4 Å². The molecule has 4 nitrogen and oxygen atoms in total. The lowest BCUT2D eigenvalue weighted by atomic mass is 9.88. The van der Waals surface area contributed by atoms with Crippen LogP contribution in [0.15, 0.2) is 0 Å². The Balaban J connectivity index is 2.81. The second-order valence-electron chi connectivity index (χ2n) is 4.01. The Bertz CT molecular complexity index is 246. The van der Waals surface area contributed by atoms with E-state index in [9.17, 15) is 9.59 Å². The van der Waals surface area contributed by atoms with Crippen LogP contribution in [0.4, 0.5) is 0 Å². The first-order chi connectivity index (χ1) is 5.87. The largest absolute Gasteiger partial charge is 0.478 e. The van der Waals surface area contributed by atoms with Crippen molar-refractivity contribution in [3.63, 3.8) is 0 Å². The van der Waals surface area contributed by atoms with E-state index in [0.717, 1.165) is 0 Å². The van der Waals surface area contributed by atoms with Crippen molar-refractivity contribution in [3.05, 3.63) is 0 Å². The molecule has 0 amide bonds. The van der Waals surface area contributed by atoms with Gasteiger partial charge in [-0.1, -0.05) is 13.8 Å². The van der Waals surface area contributed by atoms with Crippen molar-refractivity contribution in [2.75, 3.05) is 0 Å². The summed E-state index contributed by atoms with van der Waals surface area (Å²) >= 11 is 0. The molecule has 0 radical (unpaired) electrons. The Labute approximate surface area is 76.9 Å². The molecule has 1 saturated heterocycles. The van der Waals surface area contributed by atoms with E-state index in [2.05, 4.69) is 0 Å². The lowest BCUT2D eigenvalue weighted by Gasteiger charge is -2.16. The predicted molar refractivity (Wildman–Crippen MR) is 45.1 cm³/mol. The first kappa shape index (κ1) is 10.0. The molecule has 0 bridgehead atoms. The Morgan fingerprint density at radius 1 is 1.69 bits per heavy atom. The van der Waals surface area contributed by atoms with Crippen LogP contribution in [0.2, 0.25) is 0 Å². The molecule has 0 aromatic carbocycles. The van der Waals surface area contributed by atoms with Crippen LogP contribution in [-0.4, -0.2) is 22.6 Å². The van der Waals surface area contributed by atoms with E-state index in [0.29, 0.717) is 0 Å². The molecule has 0 spiro atoms. The second kappa shape index (κ2) is 3.01. The second-order valence-corrected chi connectivity index (χ2v) is 4.01. The highest BCUT2D eigenvalue weighted by Crippen LogP contribution is 2.35. The van der Waals surface area contributed by atoms with Crippen molar-refractivity contribution >= 4 is 11.9 Å². The molecular weight excluding hydrogens is 172 g/mol. The maximum absolute atomic E-state index is 11.3. The molecule has 2 unspecified atom stereocenters. The number of ether oxygens (including phenoxy) is 1. The summed E-state index contributed by atoms with van der Waals surface area (Å²) in [5.41, 5.74) is -1.31. The molecule has 1 fully saturated rings. The van der Waals surface area contributed by atoms with Crippen LogP contribution >= 0.6 is 0 Å². The first-order valence-electron chi connectivity index (χ1n) is 4.33. The van der Waals surface area contributed by atoms with Crippen LogP contribution in [0.25, 0.3) is 0 Å². The van der Waals surface area contributed by atoms with Gasteiger partial charge < -0.3 is 9.84 Å². The van der Waals surface area contributed by atoms with Gasteiger partial charge in [-0.15, -0.1) is 0 Å². The minimum Gasteiger partial charge on any atom is -0.478 e. The molecule has 1 aliphatic heterocycles. The quantitative estimate of drug-likeness (QED) is 0.654. The van der Waals surface area contributed by atoms with Crippen LogP contribution < -0.4 is 0 Å². The van der Waals surface area contributed by atoms with E-state index in [1.807, 2.05) is 13.8 Å². The van der Waals surface area contributed by atoms with Gasteiger partial charge in [0.25, 0.3) is 0 Å².